The molecule has 1 atom stereocenters. The quantitative estimate of drug-likeness (QED) is 0.338. The van der Waals surface area contributed by atoms with Crippen LogP contribution < -0.4 is 0 Å². The molecular weight excluding hydrogens is 132 g/mol. The van der Waals surface area contributed by atoms with Crippen molar-refractivity contribution in [2.75, 3.05) is 19.8 Å². The number of aliphatic hydroxyl groups excluding tert-OH is 1. The summed E-state index contributed by atoms with van der Waals surface area (Å²) in [5, 5.41) is 8.76. The number of hydrogen-bond acceptors (Lipinski definition) is 3. The highest BCUT2D eigenvalue weighted by Crippen LogP contribution is 1.86. The number of hydrogen-bond donors (Lipinski definition) is 1. The Hall–Kier alpha value is -0.380. The third-order valence-electron chi connectivity index (χ3n) is 0.922. The predicted molar refractivity (Wildman–Crippen MR) is 38.6 cm³/mol. The summed E-state index contributed by atoms with van der Waals surface area (Å²) in [6, 6.07) is 0. The second-order valence-corrected chi connectivity index (χ2v) is 1.69. The van der Waals surface area contributed by atoms with Crippen molar-refractivity contribution in [3.8, 4) is 0 Å². The Kier molecular flexibility index (Phi) is 6.48. The lowest BCUT2D eigenvalue weighted by Gasteiger charge is -2.06. The van der Waals surface area contributed by atoms with Gasteiger partial charge >= 0.3 is 0 Å². The Balaban J connectivity index is 2.95. The van der Waals surface area contributed by atoms with Crippen molar-refractivity contribution in [1.29, 1.82) is 0 Å². The van der Waals surface area contributed by atoms with Crippen LogP contribution in [-0.2, 0) is 9.47 Å². The summed E-state index contributed by atoms with van der Waals surface area (Å²) < 4.78 is 9.76. The Morgan fingerprint density at radius 3 is 2.80 bits per heavy atom. The van der Waals surface area contributed by atoms with Crippen molar-refractivity contribution in [2.45, 2.75) is 13.2 Å². The molecule has 0 fully saturated rings. The highest BCUT2D eigenvalue weighted by Gasteiger charge is 1.94. The van der Waals surface area contributed by atoms with Crippen molar-refractivity contribution >= 4 is 0 Å². The molecule has 0 saturated heterocycles. The highest BCUT2D eigenvalue weighted by atomic mass is 16.6. The lowest BCUT2D eigenvalue weighted by atomic mass is 10.6. The van der Waals surface area contributed by atoms with Crippen LogP contribution in [0.2, 0.25) is 0 Å². The number of rotatable bonds is 6. The summed E-state index contributed by atoms with van der Waals surface area (Å²) >= 11 is 0. The molecule has 0 amide bonds. The Morgan fingerprint density at radius 2 is 2.30 bits per heavy atom. The molecule has 1 N–H and O–H groups in total. The minimum absolute atomic E-state index is 0.404. The van der Waals surface area contributed by atoms with E-state index in [4.69, 9.17) is 14.6 Å². The van der Waals surface area contributed by atoms with Crippen LogP contribution in [0.3, 0.4) is 0 Å². The van der Waals surface area contributed by atoms with Crippen LogP contribution >= 0.6 is 0 Å². The van der Waals surface area contributed by atoms with E-state index in [0.29, 0.717) is 19.8 Å². The van der Waals surface area contributed by atoms with E-state index in [9.17, 15) is 0 Å². The van der Waals surface area contributed by atoms with Gasteiger partial charge in [0.25, 0.3) is 0 Å². The number of aliphatic hydroxyl groups is 1. The average molecular weight is 146 g/mol. The fraction of sp³-hybridized carbons (Fsp3) is 0.714. The molecule has 0 heterocycles. The number of ether oxygens (including phenoxy) is 2. The molecule has 0 aliphatic carbocycles. The van der Waals surface area contributed by atoms with Crippen molar-refractivity contribution in [2.24, 2.45) is 0 Å². The van der Waals surface area contributed by atoms with Crippen molar-refractivity contribution in [1.82, 2.24) is 0 Å². The van der Waals surface area contributed by atoms with Gasteiger partial charge in [0.15, 0.2) is 6.29 Å². The molecule has 0 aliphatic rings. The molecule has 3 nitrogen and oxygen atoms in total. The third kappa shape index (κ3) is 5.75. The van der Waals surface area contributed by atoms with Crippen molar-refractivity contribution in [3.05, 3.63) is 12.7 Å². The summed E-state index contributed by atoms with van der Waals surface area (Å²) in [4.78, 5) is 0. The summed E-state index contributed by atoms with van der Waals surface area (Å²) in [6.07, 6.45) is 0.465. The lowest BCUT2D eigenvalue weighted by Crippen LogP contribution is -2.12. The van der Waals surface area contributed by atoms with Gasteiger partial charge in [0, 0.05) is 6.61 Å². The van der Waals surface area contributed by atoms with Crippen LogP contribution in [0.25, 0.3) is 0 Å². The highest BCUT2D eigenvalue weighted by molar-refractivity contribution is 4.69. The van der Waals surface area contributed by atoms with E-state index in [1.807, 2.05) is 6.92 Å². The molecule has 0 spiro atoms. The van der Waals surface area contributed by atoms with E-state index in [-0.39, 0.29) is 0 Å². The minimum Gasteiger partial charge on any atom is -0.379 e. The second-order valence-electron chi connectivity index (χ2n) is 1.69. The first-order chi connectivity index (χ1) is 4.81. The van der Waals surface area contributed by atoms with Gasteiger partial charge in [0.1, 0.15) is 0 Å². The minimum atomic E-state index is -0.861. The summed E-state index contributed by atoms with van der Waals surface area (Å²) in [7, 11) is 0. The van der Waals surface area contributed by atoms with Gasteiger partial charge in [0.05, 0.1) is 13.2 Å². The summed E-state index contributed by atoms with van der Waals surface area (Å²) in [5.74, 6) is 0. The van der Waals surface area contributed by atoms with Crippen LogP contribution in [-0.4, -0.2) is 31.2 Å². The normalized spacial score (nSPS) is 13.0. The first kappa shape index (κ1) is 9.62. The molecule has 0 aromatic carbocycles. The molecular formula is C7H14O3. The molecule has 0 radical (unpaired) electrons. The molecule has 0 bridgehead atoms. The molecule has 60 valence electrons. The van der Waals surface area contributed by atoms with Gasteiger partial charge in [-0.1, -0.05) is 6.58 Å². The molecule has 10 heavy (non-hydrogen) atoms. The zero-order chi connectivity index (χ0) is 7.82. The predicted octanol–water partition coefficient (Wildman–Crippen LogP) is 0.544. The standard InChI is InChI=1S/C7H14O3/c1-3-7(8)10-6-5-9-4-2/h3,7-8H,1,4-6H2,2H3. The van der Waals surface area contributed by atoms with Crippen LogP contribution in [0.4, 0.5) is 0 Å². The summed E-state index contributed by atoms with van der Waals surface area (Å²) in [5.41, 5.74) is 0. The third-order valence-corrected chi connectivity index (χ3v) is 0.922. The van der Waals surface area contributed by atoms with Gasteiger partial charge < -0.3 is 14.6 Å². The fourth-order valence-electron chi connectivity index (χ4n) is 0.440. The Bertz CT molecular complexity index is 82.9. The van der Waals surface area contributed by atoms with Crippen LogP contribution in [0.1, 0.15) is 6.92 Å². The Labute approximate surface area is 61.3 Å². The van der Waals surface area contributed by atoms with E-state index in [1.54, 1.807) is 0 Å². The maximum absolute atomic E-state index is 8.76. The molecule has 0 aliphatic heterocycles. The Morgan fingerprint density at radius 1 is 1.60 bits per heavy atom. The van der Waals surface area contributed by atoms with E-state index >= 15 is 0 Å². The van der Waals surface area contributed by atoms with Gasteiger partial charge in [-0.25, -0.2) is 0 Å². The van der Waals surface area contributed by atoms with Crippen LogP contribution in [0, 0.1) is 0 Å². The first-order valence-corrected chi connectivity index (χ1v) is 3.31. The van der Waals surface area contributed by atoms with Gasteiger partial charge in [-0.2, -0.15) is 0 Å². The van der Waals surface area contributed by atoms with E-state index < -0.39 is 6.29 Å². The van der Waals surface area contributed by atoms with Gasteiger partial charge in [-0.3, -0.25) is 0 Å². The van der Waals surface area contributed by atoms with Gasteiger partial charge in [0.2, 0.25) is 0 Å². The SMILES string of the molecule is C=CC(O)OCCOCC. The van der Waals surface area contributed by atoms with Gasteiger partial charge in [-0.05, 0) is 13.0 Å². The van der Waals surface area contributed by atoms with Crippen LogP contribution in [0.5, 0.6) is 0 Å². The smallest absolute Gasteiger partial charge is 0.173 e. The molecule has 0 rings (SSSR count). The first-order valence-electron chi connectivity index (χ1n) is 3.31. The zero-order valence-corrected chi connectivity index (χ0v) is 6.25. The molecule has 3 heteroatoms. The zero-order valence-electron chi connectivity index (χ0n) is 6.25. The molecule has 0 aromatic rings. The van der Waals surface area contributed by atoms with Gasteiger partial charge in [-0.15, -0.1) is 0 Å². The van der Waals surface area contributed by atoms with E-state index in [1.165, 1.54) is 6.08 Å². The average Bonchev–Trinajstić information content (AvgIpc) is 1.98. The monoisotopic (exact) mass is 146 g/mol. The topological polar surface area (TPSA) is 38.7 Å². The fourth-order valence-corrected chi connectivity index (χ4v) is 0.440. The second kappa shape index (κ2) is 6.74. The maximum Gasteiger partial charge on any atom is 0.173 e. The summed E-state index contributed by atoms with van der Waals surface area (Å²) in [6.45, 7) is 6.84. The molecule has 0 aromatic heterocycles. The maximum atomic E-state index is 8.76. The van der Waals surface area contributed by atoms with E-state index in [2.05, 4.69) is 6.58 Å². The van der Waals surface area contributed by atoms with Crippen molar-refractivity contribution < 1.29 is 14.6 Å². The molecule has 0 saturated carbocycles. The largest absolute Gasteiger partial charge is 0.379 e. The van der Waals surface area contributed by atoms with E-state index in [0.717, 1.165) is 0 Å². The van der Waals surface area contributed by atoms with Crippen molar-refractivity contribution in [3.63, 3.8) is 0 Å². The molecule has 1 unspecified atom stereocenters. The lowest BCUT2D eigenvalue weighted by molar-refractivity contribution is -0.0800. The van der Waals surface area contributed by atoms with Crippen LogP contribution in [0.15, 0.2) is 12.7 Å².